The summed E-state index contributed by atoms with van der Waals surface area (Å²) >= 11 is 0. The molecule has 0 saturated heterocycles. The lowest BCUT2D eigenvalue weighted by Gasteiger charge is -2.03. The SMILES string of the molecule is CC(C)NC(=O)C=CC(N)=O. The highest BCUT2D eigenvalue weighted by Gasteiger charge is 1.96. The van der Waals surface area contributed by atoms with Gasteiger partial charge in [-0.05, 0) is 13.8 Å². The molecule has 0 saturated carbocycles. The van der Waals surface area contributed by atoms with E-state index < -0.39 is 5.91 Å². The lowest BCUT2D eigenvalue weighted by atomic mass is 10.3. The normalized spacial score (nSPS) is 10.5. The summed E-state index contributed by atoms with van der Waals surface area (Å²) < 4.78 is 0. The largest absolute Gasteiger partial charge is 0.366 e. The summed E-state index contributed by atoms with van der Waals surface area (Å²) in [5, 5.41) is 2.56. The molecule has 3 N–H and O–H groups in total. The molecule has 0 atom stereocenters. The number of carbonyl (C=O) groups is 2. The number of carbonyl (C=O) groups excluding carboxylic acids is 2. The van der Waals surface area contributed by atoms with E-state index in [9.17, 15) is 9.59 Å². The van der Waals surface area contributed by atoms with Gasteiger partial charge >= 0.3 is 0 Å². The summed E-state index contributed by atoms with van der Waals surface area (Å²) in [6.07, 6.45) is 2.14. The van der Waals surface area contributed by atoms with Crippen LogP contribution in [0.5, 0.6) is 0 Å². The van der Waals surface area contributed by atoms with Gasteiger partial charge in [-0.1, -0.05) is 0 Å². The molecule has 2 amide bonds. The average Bonchev–Trinajstić information content (AvgIpc) is 1.82. The van der Waals surface area contributed by atoms with Crippen molar-refractivity contribution in [3.63, 3.8) is 0 Å². The van der Waals surface area contributed by atoms with Crippen LogP contribution >= 0.6 is 0 Å². The van der Waals surface area contributed by atoms with Gasteiger partial charge in [-0.3, -0.25) is 9.59 Å². The summed E-state index contributed by atoms with van der Waals surface area (Å²) in [5.74, 6) is -0.928. The van der Waals surface area contributed by atoms with Gasteiger partial charge in [-0.15, -0.1) is 0 Å². The molecule has 62 valence electrons. The number of primary amides is 1. The second-order valence-corrected chi connectivity index (χ2v) is 2.40. The molecule has 0 rings (SSSR count). The number of nitrogens with one attached hydrogen (secondary N) is 1. The highest BCUT2D eigenvalue weighted by Crippen LogP contribution is 1.78. The van der Waals surface area contributed by atoms with E-state index in [0.717, 1.165) is 12.2 Å². The molecule has 0 aromatic rings. The van der Waals surface area contributed by atoms with E-state index >= 15 is 0 Å². The van der Waals surface area contributed by atoms with Crippen LogP contribution in [0.3, 0.4) is 0 Å². The van der Waals surface area contributed by atoms with Gasteiger partial charge in [0.15, 0.2) is 0 Å². The maximum atomic E-state index is 10.8. The molecule has 0 fully saturated rings. The van der Waals surface area contributed by atoms with Crippen LogP contribution in [0.2, 0.25) is 0 Å². The van der Waals surface area contributed by atoms with E-state index in [1.165, 1.54) is 0 Å². The van der Waals surface area contributed by atoms with Gasteiger partial charge in [0.2, 0.25) is 11.8 Å². The molecule has 0 bridgehead atoms. The Kier molecular flexibility index (Phi) is 3.95. The zero-order valence-corrected chi connectivity index (χ0v) is 6.63. The first-order chi connectivity index (χ1) is 5.02. The fourth-order valence-corrected chi connectivity index (χ4v) is 0.490. The van der Waals surface area contributed by atoms with Crippen molar-refractivity contribution in [3.05, 3.63) is 12.2 Å². The Morgan fingerprint density at radius 3 is 2.27 bits per heavy atom. The van der Waals surface area contributed by atoms with Crippen molar-refractivity contribution in [1.82, 2.24) is 5.32 Å². The van der Waals surface area contributed by atoms with E-state index in [0.29, 0.717) is 0 Å². The van der Waals surface area contributed by atoms with Crippen LogP contribution in [-0.4, -0.2) is 17.9 Å². The standard InChI is InChI=1S/C7H12N2O2/c1-5(2)9-7(11)4-3-6(8)10/h3-5H,1-2H3,(H2,8,10)(H,9,11). The van der Waals surface area contributed by atoms with Crippen molar-refractivity contribution < 1.29 is 9.59 Å². The summed E-state index contributed by atoms with van der Waals surface area (Å²) in [7, 11) is 0. The Morgan fingerprint density at radius 1 is 1.36 bits per heavy atom. The fraction of sp³-hybridized carbons (Fsp3) is 0.429. The fourth-order valence-electron chi connectivity index (χ4n) is 0.490. The second kappa shape index (κ2) is 4.49. The predicted molar refractivity (Wildman–Crippen MR) is 41.6 cm³/mol. The quantitative estimate of drug-likeness (QED) is 0.543. The monoisotopic (exact) mass is 156 g/mol. The Bertz CT molecular complexity index is 185. The third-order valence-electron chi connectivity index (χ3n) is 0.830. The molecule has 4 heteroatoms. The molecule has 0 spiro atoms. The zero-order valence-electron chi connectivity index (χ0n) is 6.63. The highest BCUT2D eigenvalue weighted by molar-refractivity contribution is 5.95. The Hall–Kier alpha value is -1.32. The molecular formula is C7H12N2O2. The van der Waals surface area contributed by atoms with Crippen molar-refractivity contribution >= 4 is 11.8 Å². The third kappa shape index (κ3) is 6.57. The minimum Gasteiger partial charge on any atom is -0.366 e. The van der Waals surface area contributed by atoms with Crippen LogP contribution in [0, 0.1) is 0 Å². The molecule has 0 aliphatic rings. The minimum absolute atomic E-state index is 0.0695. The maximum absolute atomic E-state index is 10.8. The van der Waals surface area contributed by atoms with E-state index in [4.69, 9.17) is 5.73 Å². The Labute approximate surface area is 65.5 Å². The van der Waals surface area contributed by atoms with Crippen molar-refractivity contribution in [2.75, 3.05) is 0 Å². The minimum atomic E-state index is -0.621. The lowest BCUT2D eigenvalue weighted by molar-refractivity contribution is -0.118. The van der Waals surface area contributed by atoms with Gasteiger partial charge in [-0.2, -0.15) is 0 Å². The van der Waals surface area contributed by atoms with Crippen molar-refractivity contribution in [1.29, 1.82) is 0 Å². The smallest absolute Gasteiger partial charge is 0.244 e. The number of hydrogen-bond acceptors (Lipinski definition) is 2. The van der Waals surface area contributed by atoms with E-state index in [-0.39, 0.29) is 11.9 Å². The van der Waals surface area contributed by atoms with Crippen LogP contribution in [0.1, 0.15) is 13.8 Å². The third-order valence-corrected chi connectivity index (χ3v) is 0.830. The van der Waals surface area contributed by atoms with Gasteiger partial charge < -0.3 is 11.1 Å². The summed E-state index contributed by atoms with van der Waals surface area (Å²) in [5.41, 5.74) is 4.77. The van der Waals surface area contributed by atoms with Crippen molar-refractivity contribution in [2.24, 2.45) is 5.73 Å². The van der Waals surface area contributed by atoms with Gasteiger partial charge in [0.25, 0.3) is 0 Å². The van der Waals surface area contributed by atoms with Crippen molar-refractivity contribution in [3.8, 4) is 0 Å². The van der Waals surface area contributed by atoms with Crippen LogP contribution < -0.4 is 11.1 Å². The van der Waals surface area contributed by atoms with Crippen LogP contribution in [-0.2, 0) is 9.59 Å². The van der Waals surface area contributed by atoms with Gasteiger partial charge in [0.05, 0.1) is 0 Å². The first kappa shape index (κ1) is 9.68. The predicted octanol–water partition coefficient (Wildman–Crippen LogP) is -0.448. The molecule has 0 radical (unpaired) electrons. The Balaban J connectivity index is 3.78. The number of nitrogens with two attached hydrogens (primary N) is 1. The van der Waals surface area contributed by atoms with Gasteiger partial charge in [-0.25, -0.2) is 0 Å². The summed E-state index contributed by atoms with van der Waals surface area (Å²) in [4.78, 5) is 20.9. The van der Waals surface area contributed by atoms with E-state index in [2.05, 4.69) is 5.32 Å². The van der Waals surface area contributed by atoms with Crippen LogP contribution in [0.4, 0.5) is 0 Å². The first-order valence-corrected chi connectivity index (χ1v) is 3.30. The van der Waals surface area contributed by atoms with Crippen LogP contribution in [0.25, 0.3) is 0 Å². The molecule has 11 heavy (non-hydrogen) atoms. The van der Waals surface area contributed by atoms with Crippen LogP contribution in [0.15, 0.2) is 12.2 Å². The molecule has 4 nitrogen and oxygen atoms in total. The summed E-state index contributed by atoms with van der Waals surface area (Å²) in [6, 6.07) is 0.0695. The van der Waals surface area contributed by atoms with Gasteiger partial charge in [0.1, 0.15) is 0 Å². The topological polar surface area (TPSA) is 72.2 Å². The molecule has 0 aromatic carbocycles. The lowest BCUT2D eigenvalue weighted by Crippen LogP contribution is -2.28. The maximum Gasteiger partial charge on any atom is 0.244 e. The molecule has 0 aliphatic heterocycles. The average molecular weight is 156 g/mol. The van der Waals surface area contributed by atoms with E-state index in [1.54, 1.807) is 0 Å². The molecule has 0 heterocycles. The molecule has 0 aromatic heterocycles. The molecule has 0 aliphatic carbocycles. The highest BCUT2D eigenvalue weighted by atomic mass is 16.2. The number of amides is 2. The Morgan fingerprint density at radius 2 is 1.91 bits per heavy atom. The number of hydrogen-bond donors (Lipinski definition) is 2. The second-order valence-electron chi connectivity index (χ2n) is 2.40. The van der Waals surface area contributed by atoms with Gasteiger partial charge in [0, 0.05) is 18.2 Å². The van der Waals surface area contributed by atoms with Crippen molar-refractivity contribution in [2.45, 2.75) is 19.9 Å². The zero-order chi connectivity index (χ0) is 8.85. The van der Waals surface area contributed by atoms with E-state index in [1.807, 2.05) is 13.8 Å². The first-order valence-electron chi connectivity index (χ1n) is 3.30. The summed E-state index contributed by atoms with van der Waals surface area (Å²) in [6.45, 7) is 3.66. The number of rotatable bonds is 3. The molecule has 0 unspecified atom stereocenters. The molecular weight excluding hydrogens is 144 g/mol.